The van der Waals surface area contributed by atoms with Crippen molar-refractivity contribution in [3.63, 3.8) is 0 Å². The molecule has 0 bridgehead atoms. The van der Waals surface area contributed by atoms with Crippen LogP contribution in [0.15, 0.2) is 72.8 Å². The second-order valence-corrected chi connectivity index (χ2v) is 5.19. The summed E-state index contributed by atoms with van der Waals surface area (Å²) in [4.78, 5) is 16.8. The van der Waals surface area contributed by atoms with Crippen molar-refractivity contribution in [1.29, 1.82) is 0 Å². The molecule has 23 heavy (non-hydrogen) atoms. The lowest BCUT2D eigenvalue weighted by Gasteiger charge is -2.01. The second kappa shape index (κ2) is 6.72. The van der Waals surface area contributed by atoms with Crippen LogP contribution in [0, 0.1) is 18.8 Å². The van der Waals surface area contributed by atoms with Gasteiger partial charge in [0.1, 0.15) is 5.69 Å². The monoisotopic (exact) mass is 297 g/mol. The highest BCUT2D eigenvalue weighted by atomic mass is 16.1. The molecule has 3 rings (SSSR count). The van der Waals surface area contributed by atoms with Gasteiger partial charge in [-0.05, 0) is 37.1 Å². The van der Waals surface area contributed by atoms with Crippen LogP contribution in [-0.2, 0) is 0 Å². The van der Waals surface area contributed by atoms with Gasteiger partial charge < -0.3 is 0 Å². The molecule has 0 aliphatic carbocycles. The molecule has 0 fully saturated rings. The predicted molar refractivity (Wildman–Crippen MR) is 91.3 cm³/mol. The molecular formula is C21H15NO. The van der Waals surface area contributed by atoms with Gasteiger partial charge in [-0.15, -0.1) is 0 Å². The van der Waals surface area contributed by atoms with Crippen LogP contribution in [0.2, 0.25) is 0 Å². The van der Waals surface area contributed by atoms with Crippen molar-refractivity contribution in [3.8, 4) is 11.8 Å². The first-order chi connectivity index (χ1) is 11.2. The molecule has 0 saturated carbocycles. The second-order valence-electron chi connectivity index (χ2n) is 5.19. The van der Waals surface area contributed by atoms with E-state index in [2.05, 4.69) is 16.8 Å². The third kappa shape index (κ3) is 3.72. The largest absolute Gasteiger partial charge is 0.289 e. The zero-order valence-corrected chi connectivity index (χ0v) is 12.8. The van der Waals surface area contributed by atoms with Crippen molar-refractivity contribution in [2.45, 2.75) is 6.92 Å². The maximum atomic E-state index is 12.5. The normalized spacial score (nSPS) is 9.78. The highest BCUT2D eigenvalue weighted by Crippen LogP contribution is 2.11. The summed E-state index contributed by atoms with van der Waals surface area (Å²) in [6.45, 7) is 1.93. The van der Waals surface area contributed by atoms with Crippen molar-refractivity contribution >= 4 is 5.78 Å². The van der Waals surface area contributed by atoms with E-state index < -0.39 is 0 Å². The third-order valence-corrected chi connectivity index (χ3v) is 3.38. The van der Waals surface area contributed by atoms with E-state index in [-0.39, 0.29) is 5.78 Å². The molecule has 1 aromatic heterocycles. The fourth-order valence-electron chi connectivity index (χ4n) is 2.24. The maximum absolute atomic E-state index is 12.5. The molecule has 0 saturated heterocycles. The number of aryl methyl sites for hydroxylation is 1. The van der Waals surface area contributed by atoms with Crippen molar-refractivity contribution in [3.05, 3.63) is 101 Å². The molecule has 0 amide bonds. The van der Waals surface area contributed by atoms with Crippen molar-refractivity contribution < 1.29 is 4.79 Å². The summed E-state index contributed by atoms with van der Waals surface area (Å²) in [5.41, 5.74) is 3.78. The van der Waals surface area contributed by atoms with E-state index in [0.29, 0.717) is 11.1 Å². The molecule has 3 aromatic rings. The number of hydrogen-bond acceptors (Lipinski definition) is 2. The Balaban J connectivity index is 1.88. The Morgan fingerprint density at radius 2 is 1.57 bits per heavy atom. The van der Waals surface area contributed by atoms with E-state index in [1.54, 1.807) is 0 Å². The van der Waals surface area contributed by atoms with E-state index in [1.165, 1.54) is 0 Å². The van der Waals surface area contributed by atoms with E-state index >= 15 is 0 Å². The Hall–Kier alpha value is -3.18. The van der Waals surface area contributed by atoms with Crippen LogP contribution in [0.3, 0.4) is 0 Å². The number of carbonyl (C=O) groups excluding carboxylic acids is 1. The Kier molecular flexibility index (Phi) is 4.31. The molecule has 2 nitrogen and oxygen atoms in total. The molecule has 0 aliphatic rings. The maximum Gasteiger partial charge on any atom is 0.193 e. The summed E-state index contributed by atoms with van der Waals surface area (Å²) in [7, 11) is 0. The van der Waals surface area contributed by atoms with E-state index in [4.69, 9.17) is 0 Å². The smallest absolute Gasteiger partial charge is 0.193 e. The molecule has 0 atom stereocenters. The lowest BCUT2D eigenvalue weighted by atomic mass is 10.0. The topological polar surface area (TPSA) is 30.0 Å². The Labute approximate surface area is 135 Å². The van der Waals surface area contributed by atoms with Gasteiger partial charge in [0.25, 0.3) is 0 Å². The number of benzene rings is 2. The molecule has 2 heteroatoms. The van der Waals surface area contributed by atoms with Crippen LogP contribution in [0.5, 0.6) is 0 Å². The number of carbonyl (C=O) groups is 1. The number of nitrogens with zero attached hydrogens (tertiary/aromatic N) is 1. The number of pyridine rings is 1. The summed E-state index contributed by atoms with van der Waals surface area (Å²) < 4.78 is 0. The van der Waals surface area contributed by atoms with E-state index in [0.717, 1.165) is 17.0 Å². The van der Waals surface area contributed by atoms with E-state index in [1.807, 2.05) is 79.7 Å². The van der Waals surface area contributed by atoms with Crippen molar-refractivity contribution in [1.82, 2.24) is 4.98 Å². The first-order valence-electron chi connectivity index (χ1n) is 7.38. The van der Waals surface area contributed by atoms with Gasteiger partial charge in [-0.2, -0.15) is 0 Å². The van der Waals surface area contributed by atoms with Gasteiger partial charge in [0, 0.05) is 22.4 Å². The van der Waals surface area contributed by atoms with Gasteiger partial charge in [-0.25, -0.2) is 4.98 Å². The fraction of sp³-hybridized carbons (Fsp3) is 0.0476. The van der Waals surface area contributed by atoms with Gasteiger partial charge in [0.05, 0.1) is 0 Å². The highest BCUT2D eigenvalue weighted by Gasteiger charge is 2.08. The third-order valence-electron chi connectivity index (χ3n) is 3.38. The van der Waals surface area contributed by atoms with Crippen LogP contribution in [0.1, 0.15) is 32.9 Å². The predicted octanol–water partition coefficient (Wildman–Crippen LogP) is 4.02. The molecule has 0 N–H and O–H groups in total. The Morgan fingerprint density at radius 1 is 0.826 bits per heavy atom. The molecule has 0 spiro atoms. The minimum Gasteiger partial charge on any atom is -0.289 e. The lowest BCUT2D eigenvalue weighted by molar-refractivity contribution is 0.103. The lowest BCUT2D eigenvalue weighted by Crippen LogP contribution is -2.00. The van der Waals surface area contributed by atoms with Gasteiger partial charge >= 0.3 is 0 Å². The first-order valence-corrected chi connectivity index (χ1v) is 7.38. The number of hydrogen-bond donors (Lipinski definition) is 0. The molecule has 110 valence electrons. The Morgan fingerprint density at radius 3 is 2.35 bits per heavy atom. The average molecular weight is 297 g/mol. The minimum absolute atomic E-state index is 0.00271. The quantitative estimate of drug-likeness (QED) is 0.528. The molecule has 0 unspecified atom stereocenters. The van der Waals surface area contributed by atoms with Crippen LogP contribution in [0.25, 0.3) is 0 Å². The fourth-order valence-corrected chi connectivity index (χ4v) is 2.24. The SMILES string of the molecule is Cc1cccc(C#Cc2cccc(C(=O)c3ccccc3)c2)n1. The summed E-state index contributed by atoms with van der Waals surface area (Å²) in [5.74, 6) is 6.11. The molecule has 2 aromatic carbocycles. The molecular weight excluding hydrogens is 282 g/mol. The van der Waals surface area contributed by atoms with Gasteiger partial charge in [0.2, 0.25) is 0 Å². The number of rotatable bonds is 2. The van der Waals surface area contributed by atoms with E-state index in [9.17, 15) is 4.79 Å². The zero-order chi connectivity index (χ0) is 16.1. The van der Waals surface area contributed by atoms with Crippen molar-refractivity contribution in [2.24, 2.45) is 0 Å². The van der Waals surface area contributed by atoms with Gasteiger partial charge in [0.15, 0.2) is 5.78 Å². The van der Waals surface area contributed by atoms with Gasteiger partial charge in [-0.1, -0.05) is 54.5 Å². The number of ketones is 1. The first kappa shape index (κ1) is 14.7. The standard InChI is InChI=1S/C21H15NO/c1-16-7-5-12-20(22-16)14-13-17-8-6-11-19(15-17)21(23)18-9-3-2-4-10-18/h2-12,15H,1H3. The van der Waals surface area contributed by atoms with Crippen LogP contribution < -0.4 is 0 Å². The summed E-state index contributed by atoms with van der Waals surface area (Å²) in [5, 5.41) is 0. The summed E-state index contributed by atoms with van der Waals surface area (Å²) in [6.07, 6.45) is 0. The van der Waals surface area contributed by atoms with Crippen LogP contribution in [0.4, 0.5) is 0 Å². The summed E-state index contributed by atoms with van der Waals surface area (Å²) >= 11 is 0. The number of aromatic nitrogens is 1. The highest BCUT2D eigenvalue weighted by molar-refractivity contribution is 6.09. The van der Waals surface area contributed by atoms with Crippen LogP contribution in [-0.4, -0.2) is 10.8 Å². The zero-order valence-electron chi connectivity index (χ0n) is 12.8. The Bertz CT molecular complexity index is 902. The van der Waals surface area contributed by atoms with Crippen LogP contribution >= 0.6 is 0 Å². The van der Waals surface area contributed by atoms with Gasteiger partial charge in [-0.3, -0.25) is 4.79 Å². The van der Waals surface area contributed by atoms with Crippen molar-refractivity contribution in [2.75, 3.05) is 0 Å². The summed E-state index contributed by atoms with van der Waals surface area (Å²) in [6, 6.07) is 22.4. The average Bonchev–Trinajstić information content (AvgIpc) is 2.60. The molecule has 0 radical (unpaired) electrons. The molecule has 1 heterocycles. The molecule has 0 aliphatic heterocycles. The minimum atomic E-state index is 0.00271.